The van der Waals surface area contributed by atoms with Gasteiger partial charge in [-0.1, -0.05) is 6.92 Å². The van der Waals surface area contributed by atoms with Crippen molar-refractivity contribution in [1.82, 2.24) is 0 Å². The summed E-state index contributed by atoms with van der Waals surface area (Å²) in [5, 5.41) is 0. The van der Waals surface area contributed by atoms with Crippen LogP contribution in [0.1, 0.15) is 12.5 Å². The Morgan fingerprint density at radius 1 is 1.62 bits per heavy atom. The van der Waals surface area contributed by atoms with Crippen molar-refractivity contribution >= 4 is 28.3 Å². The predicted octanol–water partition coefficient (Wildman–Crippen LogP) is 3.29. The Hall–Kier alpha value is -0.670. The van der Waals surface area contributed by atoms with Gasteiger partial charge in [0.25, 0.3) is 4.51 Å². The molecule has 0 aliphatic carbocycles. The molecule has 70 valence electrons. The third-order valence-corrected chi connectivity index (χ3v) is 1.76. The summed E-state index contributed by atoms with van der Waals surface area (Å²) >= 11 is 9.90. The Bertz CT molecular complexity index is 327. The van der Waals surface area contributed by atoms with E-state index in [2.05, 4.69) is 12.2 Å². The molecule has 0 aromatic heterocycles. The minimum absolute atomic E-state index is 0.0892. The Morgan fingerprint density at radius 3 is 2.85 bits per heavy atom. The molecule has 0 aliphatic rings. The van der Waals surface area contributed by atoms with E-state index in [1.54, 1.807) is 6.07 Å². The number of halogens is 2. The number of aryl methyl sites for hydroxylation is 1. The smallest absolute Gasteiger partial charge is 0.260 e. The van der Waals surface area contributed by atoms with E-state index < -0.39 is 0 Å². The lowest BCUT2D eigenvalue weighted by Gasteiger charge is -2.04. The number of ether oxygens (including phenoxy) is 1. The summed E-state index contributed by atoms with van der Waals surface area (Å²) in [5.41, 5.74) is 0.588. The van der Waals surface area contributed by atoms with Gasteiger partial charge < -0.3 is 4.74 Å². The zero-order valence-electron chi connectivity index (χ0n) is 7.01. The molecule has 0 bridgehead atoms. The number of hydrogen-bond donors (Lipinski definition) is 0. The van der Waals surface area contributed by atoms with E-state index in [0.717, 1.165) is 0 Å². The highest BCUT2D eigenvalue weighted by atomic mass is 35.5. The summed E-state index contributed by atoms with van der Waals surface area (Å²) in [7, 11) is 0. The van der Waals surface area contributed by atoms with Gasteiger partial charge in [0, 0.05) is 0 Å². The minimum atomic E-state index is -0.240. The van der Waals surface area contributed by atoms with E-state index >= 15 is 0 Å². The van der Waals surface area contributed by atoms with Crippen molar-refractivity contribution in [2.45, 2.75) is 13.3 Å². The highest BCUT2D eigenvalue weighted by molar-refractivity contribution is 7.82. The van der Waals surface area contributed by atoms with Crippen LogP contribution >= 0.6 is 23.8 Å². The molecule has 0 heterocycles. The van der Waals surface area contributed by atoms with Crippen molar-refractivity contribution < 1.29 is 9.13 Å². The SMILES string of the molecule is CCc1cc(OC(=S)Cl)ccc1F. The van der Waals surface area contributed by atoms with E-state index in [-0.39, 0.29) is 10.3 Å². The Kier molecular flexibility index (Phi) is 3.63. The van der Waals surface area contributed by atoms with Gasteiger partial charge in [-0.15, -0.1) is 0 Å². The zero-order chi connectivity index (χ0) is 9.84. The number of thiocarbonyl (C=S) groups is 1. The highest BCUT2D eigenvalue weighted by Gasteiger charge is 2.03. The molecule has 1 nitrogen and oxygen atoms in total. The maximum Gasteiger partial charge on any atom is 0.260 e. The number of benzene rings is 1. The van der Waals surface area contributed by atoms with Crippen LogP contribution in [-0.4, -0.2) is 4.51 Å². The zero-order valence-corrected chi connectivity index (χ0v) is 8.58. The molecule has 0 atom stereocenters. The Labute approximate surface area is 86.5 Å². The lowest BCUT2D eigenvalue weighted by Crippen LogP contribution is -1.97. The summed E-state index contributed by atoms with van der Waals surface area (Å²) in [6.07, 6.45) is 0.609. The molecule has 0 fully saturated rings. The van der Waals surface area contributed by atoms with Crippen molar-refractivity contribution in [2.75, 3.05) is 0 Å². The first-order valence-electron chi connectivity index (χ1n) is 3.79. The molecule has 0 radical (unpaired) electrons. The fourth-order valence-corrected chi connectivity index (χ4v) is 1.16. The number of hydrogen-bond acceptors (Lipinski definition) is 2. The van der Waals surface area contributed by atoms with E-state index in [4.69, 9.17) is 16.3 Å². The van der Waals surface area contributed by atoms with Crippen LogP contribution in [0.15, 0.2) is 18.2 Å². The summed E-state index contributed by atoms with van der Waals surface area (Å²) < 4.78 is 17.8. The molecule has 0 saturated heterocycles. The van der Waals surface area contributed by atoms with Gasteiger partial charge >= 0.3 is 0 Å². The third kappa shape index (κ3) is 2.94. The standard InChI is InChI=1S/C9H8ClFOS/c1-2-6-5-7(12-9(10)13)3-4-8(6)11/h3-5H,2H2,1H3. The monoisotopic (exact) mass is 218 g/mol. The van der Waals surface area contributed by atoms with Crippen LogP contribution in [-0.2, 0) is 6.42 Å². The maximum atomic E-state index is 13.0. The van der Waals surface area contributed by atoms with Crippen LogP contribution in [0.2, 0.25) is 0 Å². The predicted molar refractivity (Wildman–Crippen MR) is 54.9 cm³/mol. The molecular weight excluding hydrogens is 211 g/mol. The van der Waals surface area contributed by atoms with E-state index in [1.165, 1.54) is 12.1 Å². The molecule has 1 aromatic carbocycles. The van der Waals surface area contributed by atoms with Crippen LogP contribution < -0.4 is 4.74 Å². The second kappa shape index (κ2) is 4.53. The first-order valence-corrected chi connectivity index (χ1v) is 4.58. The normalized spacial score (nSPS) is 9.77. The van der Waals surface area contributed by atoms with E-state index in [0.29, 0.717) is 17.7 Å². The molecule has 13 heavy (non-hydrogen) atoms. The molecule has 0 N–H and O–H groups in total. The van der Waals surface area contributed by atoms with E-state index in [1.807, 2.05) is 6.92 Å². The average Bonchev–Trinajstić information content (AvgIpc) is 2.07. The van der Waals surface area contributed by atoms with Crippen LogP contribution in [0.5, 0.6) is 5.75 Å². The average molecular weight is 219 g/mol. The van der Waals surface area contributed by atoms with Gasteiger partial charge in [-0.3, -0.25) is 0 Å². The van der Waals surface area contributed by atoms with Crippen LogP contribution in [0.25, 0.3) is 0 Å². The fourth-order valence-electron chi connectivity index (χ4n) is 0.978. The van der Waals surface area contributed by atoms with Gasteiger partial charge in [-0.05, 0) is 54.0 Å². The van der Waals surface area contributed by atoms with Crippen molar-refractivity contribution in [3.63, 3.8) is 0 Å². The first-order chi connectivity index (χ1) is 6.13. The molecule has 1 aromatic rings. The summed E-state index contributed by atoms with van der Waals surface area (Å²) in [6, 6.07) is 4.41. The maximum absolute atomic E-state index is 13.0. The molecule has 0 saturated carbocycles. The largest absolute Gasteiger partial charge is 0.436 e. The van der Waals surface area contributed by atoms with Crippen molar-refractivity contribution in [3.8, 4) is 5.75 Å². The second-order valence-electron chi connectivity index (χ2n) is 2.45. The topological polar surface area (TPSA) is 9.23 Å². The van der Waals surface area contributed by atoms with Crippen LogP contribution in [0, 0.1) is 5.82 Å². The summed E-state index contributed by atoms with van der Waals surface area (Å²) in [4.78, 5) is 0. The Morgan fingerprint density at radius 2 is 2.31 bits per heavy atom. The molecular formula is C9H8ClFOS. The summed E-state index contributed by atoms with van der Waals surface area (Å²) in [5.74, 6) is 0.230. The molecule has 0 amide bonds. The van der Waals surface area contributed by atoms with Crippen molar-refractivity contribution in [2.24, 2.45) is 0 Å². The quantitative estimate of drug-likeness (QED) is 0.557. The number of rotatable bonds is 2. The molecule has 1 rings (SSSR count). The lowest BCUT2D eigenvalue weighted by molar-refractivity contribution is 0.565. The van der Waals surface area contributed by atoms with Gasteiger partial charge in [0.15, 0.2) is 0 Å². The molecule has 0 aliphatic heterocycles. The third-order valence-electron chi connectivity index (χ3n) is 1.60. The van der Waals surface area contributed by atoms with Crippen LogP contribution in [0.4, 0.5) is 4.39 Å². The molecule has 4 heteroatoms. The van der Waals surface area contributed by atoms with Crippen molar-refractivity contribution in [1.29, 1.82) is 0 Å². The van der Waals surface area contributed by atoms with Gasteiger partial charge in [0.2, 0.25) is 0 Å². The van der Waals surface area contributed by atoms with E-state index in [9.17, 15) is 4.39 Å². The first kappa shape index (κ1) is 10.4. The van der Waals surface area contributed by atoms with Gasteiger partial charge in [0.1, 0.15) is 11.6 Å². The van der Waals surface area contributed by atoms with Gasteiger partial charge in [-0.25, -0.2) is 4.39 Å². The van der Waals surface area contributed by atoms with Crippen molar-refractivity contribution in [3.05, 3.63) is 29.6 Å². The van der Waals surface area contributed by atoms with Crippen LogP contribution in [0.3, 0.4) is 0 Å². The highest BCUT2D eigenvalue weighted by Crippen LogP contribution is 2.18. The summed E-state index contributed by atoms with van der Waals surface area (Å²) in [6.45, 7) is 1.86. The molecule has 0 unspecified atom stereocenters. The van der Waals surface area contributed by atoms with Gasteiger partial charge in [0.05, 0.1) is 0 Å². The molecule has 0 spiro atoms. The lowest BCUT2D eigenvalue weighted by atomic mass is 10.1. The fraction of sp³-hybridized carbons (Fsp3) is 0.222. The van der Waals surface area contributed by atoms with Gasteiger partial charge in [-0.2, -0.15) is 0 Å². The second-order valence-corrected chi connectivity index (χ2v) is 3.38. The Balaban J connectivity index is 2.92. The minimum Gasteiger partial charge on any atom is -0.436 e.